The summed E-state index contributed by atoms with van der Waals surface area (Å²) in [5.41, 5.74) is 5.66. The summed E-state index contributed by atoms with van der Waals surface area (Å²) in [6.07, 6.45) is 4.74. The molecule has 1 fully saturated rings. The first-order chi connectivity index (χ1) is 11.5. The number of Topliss-reactive ketones (excluding diaryl/α,β-unsaturated/α-hetero) is 1. The lowest BCUT2D eigenvalue weighted by Gasteiger charge is -2.23. The van der Waals surface area contributed by atoms with Crippen LogP contribution in [0.15, 0.2) is 34.2 Å². The summed E-state index contributed by atoms with van der Waals surface area (Å²) < 4.78 is 14.0. The second-order valence-corrected chi connectivity index (χ2v) is 7.05. The number of nitrogens with two attached hydrogens (primary N) is 1. The fourth-order valence-electron chi connectivity index (χ4n) is 2.54. The molecule has 0 aliphatic heterocycles. The zero-order valence-electron chi connectivity index (χ0n) is 12.8. The molecule has 1 heterocycles. The molecule has 126 valence electrons. The van der Waals surface area contributed by atoms with E-state index in [9.17, 15) is 9.18 Å². The van der Waals surface area contributed by atoms with Gasteiger partial charge in [-0.2, -0.15) is 4.98 Å². The van der Waals surface area contributed by atoms with Crippen LogP contribution in [0.5, 0.6) is 0 Å². The van der Waals surface area contributed by atoms with E-state index in [0.29, 0.717) is 27.1 Å². The molecule has 1 atom stereocenters. The molecule has 24 heavy (non-hydrogen) atoms. The van der Waals surface area contributed by atoms with Crippen LogP contribution in [-0.4, -0.2) is 21.8 Å². The van der Waals surface area contributed by atoms with Gasteiger partial charge >= 0.3 is 0 Å². The summed E-state index contributed by atoms with van der Waals surface area (Å²) in [4.78, 5) is 21.2. The summed E-state index contributed by atoms with van der Waals surface area (Å²) in [5, 5.41) is 3.47. The van der Waals surface area contributed by atoms with Crippen LogP contribution in [0.3, 0.4) is 0 Å². The number of hydrogen-bond acceptors (Lipinski definition) is 6. The molecule has 0 saturated heterocycles. The first-order valence-corrected chi connectivity index (χ1v) is 8.77. The SMILES string of the molecule is Nc1ncc(Sc2ccc(Cl)cc2F)c(NC2CCCCC2=O)n1. The minimum atomic E-state index is -0.427. The monoisotopic (exact) mass is 366 g/mol. The number of carbonyl (C=O) groups excluding carboxylic acids is 1. The van der Waals surface area contributed by atoms with E-state index in [1.165, 1.54) is 12.3 Å². The van der Waals surface area contributed by atoms with Gasteiger partial charge in [0.15, 0.2) is 5.78 Å². The molecule has 0 amide bonds. The number of halogens is 2. The molecule has 8 heteroatoms. The van der Waals surface area contributed by atoms with Crippen molar-refractivity contribution < 1.29 is 9.18 Å². The van der Waals surface area contributed by atoms with Crippen LogP contribution < -0.4 is 11.1 Å². The van der Waals surface area contributed by atoms with Gasteiger partial charge in [-0.15, -0.1) is 0 Å². The van der Waals surface area contributed by atoms with Crippen LogP contribution in [-0.2, 0) is 4.79 Å². The Balaban J connectivity index is 1.86. The Bertz CT molecular complexity index is 774. The normalized spacial score (nSPS) is 17.8. The van der Waals surface area contributed by atoms with E-state index >= 15 is 0 Å². The highest BCUT2D eigenvalue weighted by molar-refractivity contribution is 7.99. The van der Waals surface area contributed by atoms with Gasteiger partial charge in [0, 0.05) is 22.5 Å². The van der Waals surface area contributed by atoms with Gasteiger partial charge < -0.3 is 11.1 Å². The highest BCUT2D eigenvalue weighted by Gasteiger charge is 2.23. The number of carbonyl (C=O) groups is 1. The first-order valence-electron chi connectivity index (χ1n) is 7.57. The van der Waals surface area contributed by atoms with Crippen molar-refractivity contribution in [2.24, 2.45) is 0 Å². The Morgan fingerprint density at radius 2 is 2.17 bits per heavy atom. The molecule has 1 aromatic carbocycles. The molecule has 1 aliphatic rings. The summed E-state index contributed by atoms with van der Waals surface area (Å²) in [5.74, 6) is 0.278. The topological polar surface area (TPSA) is 80.9 Å². The number of ketones is 1. The summed E-state index contributed by atoms with van der Waals surface area (Å²) in [6.45, 7) is 0. The van der Waals surface area contributed by atoms with Crippen molar-refractivity contribution in [2.45, 2.75) is 41.5 Å². The molecule has 5 nitrogen and oxygen atoms in total. The van der Waals surface area contributed by atoms with Gasteiger partial charge in [-0.3, -0.25) is 4.79 Å². The van der Waals surface area contributed by atoms with Crippen LogP contribution in [0.1, 0.15) is 25.7 Å². The average Bonchev–Trinajstić information content (AvgIpc) is 2.54. The molecular weight excluding hydrogens is 351 g/mol. The molecule has 0 bridgehead atoms. The number of rotatable bonds is 4. The number of anilines is 2. The average molecular weight is 367 g/mol. The van der Waals surface area contributed by atoms with Gasteiger partial charge in [0.2, 0.25) is 5.95 Å². The van der Waals surface area contributed by atoms with E-state index in [1.807, 2.05) is 0 Å². The third-order valence-corrected chi connectivity index (χ3v) is 5.06. The molecule has 3 rings (SSSR count). The molecule has 1 saturated carbocycles. The fourth-order valence-corrected chi connectivity index (χ4v) is 3.53. The fraction of sp³-hybridized carbons (Fsp3) is 0.312. The van der Waals surface area contributed by atoms with Crippen molar-refractivity contribution in [3.05, 3.63) is 35.2 Å². The number of benzene rings is 1. The Hall–Kier alpha value is -1.86. The third kappa shape index (κ3) is 3.96. The predicted octanol–water partition coefficient (Wildman–Crippen LogP) is 3.93. The minimum Gasteiger partial charge on any atom is -0.368 e. The van der Waals surface area contributed by atoms with E-state index < -0.39 is 5.82 Å². The maximum Gasteiger partial charge on any atom is 0.221 e. The zero-order chi connectivity index (χ0) is 17.1. The summed E-state index contributed by atoms with van der Waals surface area (Å²) in [6, 6.07) is 4.17. The third-order valence-electron chi connectivity index (χ3n) is 3.75. The van der Waals surface area contributed by atoms with Crippen molar-refractivity contribution >= 4 is 40.9 Å². The predicted molar refractivity (Wildman–Crippen MR) is 92.9 cm³/mol. The molecule has 3 N–H and O–H groups in total. The highest BCUT2D eigenvalue weighted by atomic mass is 35.5. The van der Waals surface area contributed by atoms with Crippen LogP contribution in [0.2, 0.25) is 5.02 Å². The van der Waals surface area contributed by atoms with Crippen LogP contribution in [0, 0.1) is 5.82 Å². The van der Waals surface area contributed by atoms with Gasteiger partial charge in [0.25, 0.3) is 0 Å². The minimum absolute atomic E-state index is 0.0988. The van der Waals surface area contributed by atoms with Gasteiger partial charge in [-0.05, 0) is 31.0 Å². The molecule has 2 aromatic rings. The molecule has 1 aromatic heterocycles. The van der Waals surface area contributed by atoms with Crippen LogP contribution >= 0.6 is 23.4 Å². The Labute approximate surface area is 148 Å². The second kappa shape index (κ2) is 7.36. The Morgan fingerprint density at radius 1 is 1.33 bits per heavy atom. The highest BCUT2D eigenvalue weighted by Crippen LogP contribution is 2.35. The van der Waals surface area contributed by atoms with Gasteiger partial charge in [-0.1, -0.05) is 29.8 Å². The molecule has 0 spiro atoms. The lowest BCUT2D eigenvalue weighted by atomic mass is 9.94. The molecular formula is C16H16ClFN4OS. The maximum absolute atomic E-state index is 14.0. The van der Waals surface area contributed by atoms with E-state index in [-0.39, 0.29) is 17.8 Å². The molecule has 0 radical (unpaired) electrons. The van der Waals surface area contributed by atoms with Crippen LogP contribution in [0.25, 0.3) is 0 Å². The van der Waals surface area contributed by atoms with E-state index in [1.54, 1.807) is 12.1 Å². The zero-order valence-corrected chi connectivity index (χ0v) is 14.3. The second-order valence-electron chi connectivity index (χ2n) is 5.53. The lowest BCUT2D eigenvalue weighted by Crippen LogP contribution is -2.32. The number of nitrogens with one attached hydrogen (secondary N) is 1. The van der Waals surface area contributed by atoms with E-state index in [2.05, 4.69) is 15.3 Å². The van der Waals surface area contributed by atoms with Crippen molar-refractivity contribution in [3.63, 3.8) is 0 Å². The van der Waals surface area contributed by atoms with Gasteiger partial charge in [0.1, 0.15) is 11.6 Å². The van der Waals surface area contributed by atoms with E-state index in [0.717, 1.165) is 31.0 Å². The standard InChI is InChI=1S/C16H16ClFN4OS/c17-9-5-6-13(10(18)7-9)24-14-8-20-16(19)22-15(14)21-11-3-1-2-4-12(11)23/h5-8,11H,1-4H2,(H3,19,20,21,22). The number of nitrogens with zero attached hydrogens (tertiary/aromatic N) is 2. The maximum atomic E-state index is 14.0. The smallest absolute Gasteiger partial charge is 0.221 e. The lowest BCUT2D eigenvalue weighted by molar-refractivity contribution is -0.121. The molecule has 1 aliphatic carbocycles. The van der Waals surface area contributed by atoms with Crippen molar-refractivity contribution in [1.82, 2.24) is 9.97 Å². The summed E-state index contributed by atoms with van der Waals surface area (Å²) in [7, 11) is 0. The molecule has 1 unspecified atom stereocenters. The largest absolute Gasteiger partial charge is 0.368 e. The number of nitrogen functional groups attached to an aromatic ring is 1. The number of hydrogen-bond donors (Lipinski definition) is 2. The van der Waals surface area contributed by atoms with Crippen molar-refractivity contribution in [1.29, 1.82) is 0 Å². The summed E-state index contributed by atoms with van der Waals surface area (Å²) >= 11 is 6.94. The first kappa shape index (κ1) is 17.0. The van der Waals surface area contributed by atoms with Crippen LogP contribution in [0.4, 0.5) is 16.2 Å². The number of aromatic nitrogens is 2. The van der Waals surface area contributed by atoms with Gasteiger partial charge in [-0.25, -0.2) is 9.37 Å². The van der Waals surface area contributed by atoms with Crippen molar-refractivity contribution in [3.8, 4) is 0 Å². The quantitative estimate of drug-likeness (QED) is 0.853. The Kier molecular flexibility index (Phi) is 5.20. The van der Waals surface area contributed by atoms with Gasteiger partial charge in [0.05, 0.1) is 10.9 Å². The Morgan fingerprint density at radius 3 is 2.92 bits per heavy atom. The van der Waals surface area contributed by atoms with E-state index in [4.69, 9.17) is 17.3 Å². The van der Waals surface area contributed by atoms with Crippen molar-refractivity contribution in [2.75, 3.05) is 11.1 Å².